The Morgan fingerprint density at radius 3 is 2.67 bits per heavy atom. The maximum atomic E-state index is 11.7. The minimum absolute atomic E-state index is 0.241. The van der Waals surface area contributed by atoms with Gasteiger partial charge in [-0.3, -0.25) is 9.19 Å². The first-order valence-corrected chi connectivity index (χ1v) is 6.19. The number of hydrogen-bond acceptors (Lipinski definition) is 2. The number of nitrogens with zero attached hydrogens (tertiary/aromatic N) is 1. The van der Waals surface area contributed by atoms with Crippen LogP contribution < -0.4 is 0 Å². The molecule has 0 aliphatic heterocycles. The quantitative estimate of drug-likeness (QED) is 0.798. The van der Waals surface area contributed by atoms with Gasteiger partial charge in [0.25, 0.3) is 0 Å². The van der Waals surface area contributed by atoms with Crippen molar-refractivity contribution in [3.63, 3.8) is 0 Å². The van der Waals surface area contributed by atoms with Crippen molar-refractivity contribution in [2.75, 3.05) is 0 Å². The Balaban J connectivity index is 2.79. The van der Waals surface area contributed by atoms with E-state index in [0.29, 0.717) is 5.02 Å². The molecule has 0 saturated carbocycles. The van der Waals surface area contributed by atoms with Crippen molar-refractivity contribution in [1.82, 2.24) is 4.98 Å². The Morgan fingerprint density at radius 2 is 2.13 bits per heavy atom. The zero-order valence-corrected chi connectivity index (χ0v) is 10.6. The van der Waals surface area contributed by atoms with Crippen LogP contribution in [0.4, 0.5) is 0 Å². The lowest BCUT2D eigenvalue weighted by Gasteiger charge is -2.13. The van der Waals surface area contributed by atoms with Crippen molar-refractivity contribution in [3.8, 4) is 0 Å². The number of aromatic nitrogens is 1. The molecule has 0 spiro atoms. The molecule has 1 aromatic heterocycles. The molecule has 1 aromatic rings. The summed E-state index contributed by atoms with van der Waals surface area (Å²) in [6, 6.07) is 3.44. The van der Waals surface area contributed by atoms with Crippen LogP contribution in [0.25, 0.3) is 6.08 Å². The molecular formula is C11H14ClNOS. The molecule has 0 aliphatic rings. The van der Waals surface area contributed by atoms with Crippen molar-refractivity contribution in [3.05, 3.63) is 34.5 Å². The van der Waals surface area contributed by atoms with Gasteiger partial charge in [-0.05, 0) is 39.0 Å². The first-order chi connectivity index (χ1) is 6.89. The second kappa shape index (κ2) is 4.90. The van der Waals surface area contributed by atoms with Gasteiger partial charge in [-0.1, -0.05) is 11.6 Å². The number of hydrogen-bond donors (Lipinski definition) is 0. The molecule has 2 nitrogen and oxygen atoms in total. The molecule has 0 N–H and O–H groups in total. The van der Waals surface area contributed by atoms with Gasteiger partial charge >= 0.3 is 0 Å². The zero-order chi connectivity index (χ0) is 11.5. The molecule has 15 heavy (non-hydrogen) atoms. The molecule has 1 rings (SSSR count). The van der Waals surface area contributed by atoms with Gasteiger partial charge in [0.1, 0.15) is 0 Å². The Morgan fingerprint density at radius 1 is 1.47 bits per heavy atom. The largest absolute Gasteiger partial charge is 0.257 e. The average molecular weight is 244 g/mol. The van der Waals surface area contributed by atoms with E-state index < -0.39 is 10.8 Å². The minimum atomic E-state index is -1.01. The summed E-state index contributed by atoms with van der Waals surface area (Å²) < 4.78 is 11.4. The van der Waals surface area contributed by atoms with Gasteiger partial charge in [-0.15, -0.1) is 0 Å². The van der Waals surface area contributed by atoms with Crippen LogP contribution in [0.5, 0.6) is 0 Å². The van der Waals surface area contributed by atoms with Crippen LogP contribution in [-0.4, -0.2) is 13.9 Å². The van der Waals surface area contributed by atoms with Crippen molar-refractivity contribution in [2.45, 2.75) is 25.5 Å². The summed E-state index contributed by atoms with van der Waals surface area (Å²) in [7, 11) is -1.01. The Kier molecular flexibility index (Phi) is 4.05. The highest BCUT2D eigenvalue weighted by atomic mass is 35.5. The topological polar surface area (TPSA) is 30.0 Å². The van der Waals surface area contributed by atoms with Crippen LogP contribution in [0.2, 0.25) is 5.02 Å². The van der Waals surface area contributed by atoms with Crippen LogP contribution in [-0.2, 0) is 10.8 Å². The van der Waals surface area contributed by atoms with Gasteiger partial charge < -0.3 is 0 Å². The average Bonchev–Trinajstić information content (AvgIpc) is 2.12. The maximum absolute atomic E-state index is 11.7. The van der Waals surface area contributed by atoms with Crippen molar-refractivity contribution < 1.29 is 4.21 Å². The Bertz CT molecular complexity index is 396. The molecule has 1 unspecified atom stereocenters. The van der Waals surface area contributed by atoms with Crippen molar-refractivity contribution in [2.24, 2.45) is 0 Å². The number of pyridine rings is 1. The second-order valence-corrected chi connectivity index (χ2v) is 6.64. The molecule has 4 heteroatoms. The molecule has 1 heterocycles. The van der Waals surface area contributed by atoms with E-state index in [4.69, 9.17) is 11.6 Å². The minimum Gasteiger partial charge on any atom is -0.257 e. The lowest BCUT2D eigenvalue weighted by Crippen LogP contribution is -2.19. The third-order valence-corrected chi connectivity index (χ3v) is 3.53. The highest BCUT2D eigenvalue weighted by molar-refractivity contribution is 7.89. The highest BCUT2D eigenvalue weighted by Gasteiger charge is 2.16. The van der Waals surface area contributed by atoms with E-state index in [1.54, 1.807) is 29.8 Å². The normalized spacial score (nSPS) is 14.4. The van der Waals surface area contributed by atoms with E-state index in [-0.39, 0.29) is 4.75 Å². The Hall–Kier alpha value is -0.670. The molecule has 1 atom stereocenters. The van der Waals surface area contributed by atoms with Gasteiger partial charge in [-0.25, -0.2) is 0 Å². The molecule has 0 saturated heterocycles. The van der Waals surface area contributed by atoms with E-state index >= 15 is 0 Å². The first-order valence-electron chi connectivity index (χ1n) is 4.60. The summed E-state index contributed by atoms with van der Waals surface area (Å²) >= 11 is 5.80. The molecule has 0 bridgehead atoms. The van der Waals surface area contributed by atoms with E-state index in [9.17, 15) is 4.21 Å². The summed E-state index contributed by atoms with van der Waals surface area (Å²) in [5.41, 5.74) is 0.722. The van der Waals surface area contributed by atoms with E-state index in [1.807, 2.05) is 20.8 Å². The summed E-state index contributed by atoms with van der Waals surface area (Å²) in [5.74, 6) is 0. The third-order valence-electron chi connectivity index (χ3n) is 1.71. The summed E-state index contributed by atoms with van der Waals surface area (Å²) in [6.07, 6.45) is 3.36. The SMILES string of the molecule is CC(C)(C)S(=O)C=Cc1cc(Cl)ccn1. The van der Waals surface area contributed by atoms with Gasteiger partial charge in [-0.2, -0.15) is 0 Å². The first kappa shape index (κ1) is 12.4. The van der Waals surface area contributed by atoms with Crippen molar-refractivity contribution >= 4 is 28.5 Å². The molecule has 82 valence electrons. The lowest BCUT2D eigenvalue weighted by atomic mass is 10.3. The molecule has 0 aliphatic carbocycles. The van der Waals surface area contributed by atoms with E-state index in [0.717, 1.165) is 5.69 Å². The number of halogens is 1. The van der Waals surface area contributed by atoms with Crippen LogP contribution in [0.15, 0.2) is 23.7 Å². The summed E-state index contributed by atoms with van der Waals surface area (Å²) in [4.78, 5) is 4.09. The summed E-state index contributed by atoms with van der Waals surface area (Å²) in [5, 5.41) is 2.28. The standard InChI is InChI=1S/C11H14ClNOS/c1-11(2,3)15(14)7-5-10-8-9(12)4-6-13-10/h4-8H,1-3H3. The van der Waals surface area contributed by atoms with Gasteiger partial charge in [0.05, 0.1) is 16.5 Å². The van der Waals surface area contributed by atoms with Gasteiger partial charge in [0.15, 0.2) is 0 Å². The summed E-state index contributed by atoms with van der Waals surface area (Å²) in [6.45, 7) is 5.79. The molecule has 0 aromatic carbocycles. The van der Waals surface area contributed by atoms with E-state index in [1.165, 1.54) is 0 Å². The maximum Gasteiger partial charge on any atom is 0.0650 e. The van der Waals surface area contributed by atoms with E-state index in [2.05, 4.69) is 4.98 Å². The Labute approximate surface area is 97.8 Å². The van der Waals surface area contributed by atoms with Crippen molar-refractivity contribution in [1.29, 1.82) is 0 Å². The van der Waals surface area contributed by atoms with Crippen LogP contribution in [0.1, 0.15) is 26.5 Å². The second-order valence-electron chi connectivity index (χ2n) is 4.11. The number of rotatable bonds is 2. The molecular weight excluding hydrogens is 230 g/mol. The fourth-order valence-corrected chi connectivity index (χ4v) is 1.69. The van der Waals surface area contributed by atoms with Gasteiger partial charge in [0, 0.05) is 21.4 Å². The molecule has 0 radical (unpaired) electrons. The van der Waals surface area contributed by atoms with Crippen LogP contribution in [0.3, 0.4) is 0 Å². The van der Waals surface area contributed by atoms with Crippen LogP contribution >= 0.6 is 11.6 Å². The monoisotopic (exact) mass is 243 g/mol. The van der Waals surface area contributed by atoms with Crippen LogP contribution in [0, 0.1) is 0 Å². The molecule has 0 amide bonds. The highest BCUT2D eigenvalue weighted by Crippen LogP contribution is 2.14. The molecule has 0 fully saturated rings. The predicted molar refractivity (Wildman–Crippen MR) is 66.2 cm³/mol. The smallest absolute Gasteiger partial charge is 0.0650 e. The lowest BCUT2D eigenvalue weighted by molar-refractivity contribution is 0.656. The predicted octanol–water partition coefficient (Wildman–Crippen LogP) is 3.25. The third kappa shape index (κ3) is 4.14. The fourth-order valence-electron chi connectivity index (χ4n) is 0.848. The van der Waals surface area contributed by atoms with Gasteiger partial charge in [0.2, 0.25) is 0 Å². The zero-order valence-electron chi connectivity index (χ0n) is 9.03. The fraction of sp³-hybridized carbons (Fsp3) is 0.364.